The molecule has 1 aliphatic rings. The molecule has 1 saturated carbocycles. The molecule has 94 valence electrons. The third kappa shape index (κ3) is 2.59. The summed E-state index contributed by atoms with van der Waals surface area (Å²) in [4.78, 5) is 15.2. The zero-order chi connectivity index (χ0) is 13.0. The molecule has 0 spiro atoms. The summed E-state index contributed by atoms with van der Waals surface area (Å²) in [5.41, 5.74) is 1.12. The Morgan fingerprint density at radius 2 is 2.28 bits per heavy atom. The Labute approximate surface area is 105 Å². The molecule has 1 aliphatic carbocycles. The largest absolute Gasteiger partial charge is 0.481 e. The van der Waals surface area contributed by atoms with Gasteiger partial charge in [0.2, 0.25) is 0 Å². The Morgan fingerprint density at radius 1 is 1.50 bits per heavy atom. The highest BCUT2D eigenvalue weighted by atomic mass is 16.4. The minimum Gasteiger partial charge on any atom is -0.481 e. The van der Waals surface area contributed by atoms with Crippen molar-refractivity contribution < 1.29 is 9.90 Å². The van der Waals surface area contributed by atoms with Crippen LogP contribution in [0.4, 0.5) is 5.69 Å². The number of aliphatic carboxylic acids is 1. The minimum absolute atomic E-state index is 0.118. The molecule has 18 heavy (non-hydrogen) atoms. The summed E-state index contributed by atoms with van der Waals surface area (Å²) in [6.45, 7) is 0. The lowest BCUT2D eigenvalue weighted by Crippen LogP contribution is -2.37. The molecule has 0 saturated heterocycles. The molecule has 0 aliphatic heterocycles. The highest BCUT2D eigenvalue weighted by Gasteiger charge is 2.31. The quantitative estimate of drug-likeness (QED) is 0.850. The first-order valence-corrected chi connectivity index (χ1v) is 6.06. The molecule has 5 nitrogen and oxygen atoms in total. The summed E-state index contributed by atoms with van der Waals surface area (Å²) in [6, 6.07) is 3.59. The lowest BCUT2D eigenvalue weighted by Gasteiger charge is -2.30. The molecule has 0 radical (unpaired) electrons. The fourth-order valence-electron chi connectivity index (χ4n) is 2.41. The van der Waals surface area contributed by atoms with Crippen molar-refractivity contribution in [1.82, 2.24) is 4.98 Å². The van der Waals surface area contributed by atoms with Gasteiger partial charge >= 0.3 is 5.97 Å². The van der Waals surface area contributed by atoms with Crippen LogP contribution in [0, 0.1) is 17.2 Å². The molecule has 2 N–H and O–H groups in total. The van der Waals surface area contributed by atoms with E-state index in [0.717, 1.165) is 19.3 Å². The van der Waals surface area contributed by atoms with E-state index in [1.165, 1.54) is 0 Å². The second-order valence-corrected chi connectivity index (χ2v) is 4.51. The van der Waals surface area contributed by atoms with Crippen LogP contribution in [0.15, 0.2) is 18.5 Å². The van der Waals surface area contributed by atoms with E-state index in [1.54, 1.807) is 18.5 Å². The van der Waals surface area contributed by atoms with Crippen LogP contribution >= 0.6 is 0 Å². The lowest BCUT2D eigenvalue weighted by molar-refractivity contribution is -0.143. The van der Waals surface area contributed by atoms with E-state index in [0.29, 0.717) is 17.7 Å². The Hall–Kier alpha value is -2.09. The Morgan fingerprint density at radius 3 is 3.00 bits per heavy atom. The van der Waals surface area contributed by atoms with Gasteiger partial charge in [-0.2, -0.15) is 5.26 Å². The minimum atomic E-state index is -0.769. The van der Waals surface area contributed by atoms with Gasteiger partial charge < -0.3 is 10.4 Å². The van der Waals surface area contributed by atoms with Crippen LogP contribution < -0.4 is 5.32 Å². The normalized spacial score (nSPS) is 23.1. The molecule has 0 amide bonds. The molecule has 1 heterocycles. The van der Waals surface area contributed by atoms with Gasteiger partial charge in [0.25, 0.3) is 0 Å². The number of aromatic nitrogens is 1. The first kappa shape index (κ1) is 12.4. The van der Waals surface area contributed by atoms with E-state index < -0.39 is 5.97 Å². The molecular weight excluding hydrogens is 230 g/mol. The first-order valence-electron chi connectivity index (χ1n) is 6.06. The Balaban J connectivity index is 2.16. The van der Waals surface area contributed by atoms with Crippen LogP contribution in [0.3, 0.4) is 0 Å². The zero-order valence-electron chi connectivity index (χ0n) is 9.97. The fraction of sp³-hybridized carbons (Fsp3) is 0.462. The van der Waals surface area contributed by atoms with Crippen molar-refractivity contribution in [1.29, 1.82) is 5.26 Å². The van der Waals surface area contributed by atoms with Crippen LogP contribution in [0.2, 0.25) is 0 Å². The molecule has 1 fully saturated rings. The summed E-state index contributed by atoms with van der Waals surface area (Å²) in [5, 5.41) is 21.3. The number of carboxylic acid groups (broad SMARTS) is 1. The lowest BCUT2D eigenvalue weighted by atomic mass is 9.84. The summed E-state index contributed by atoms with van der Waals surface area (Å²) in [7, 11) is 0. The number of hydrogen-bond donors (Lipinski definition) is 2. The number of nitriles is 1. The van der Waals surface area contributed by atoms with E-state index in [9.17, 15) is 9.90 Å². The van der Waals surface area contributed by atoms with Gasteiger partial charge in [0, 0.05) is 12.2 Å². The van der Waals surface area contributed by atoms with Gasteiger partial charge in [-0.05, 0) is 18.9 Å². The molecule has 1 aromatic heterocycles. The van der Waals surface area contributed by atoms with Crippen molar-refractivity contribution in [3.8, 4) is 6.07 Å². The molecule has 0 bridgehead atoms. The monoisotopic (exact) mass is 245 g/mol. The average Bonchev–Trinajstić information content (AvgIpc) is 2.40. The summed E-state index contributed by atoms with van der Waals surface area (Å²) < 4.78 is 0. The van der Waals surface area contributed by atoms with Gasteiger partial charge in [0.15, 0.2) is 0 Å². The van der Waals surface area contributed by atoms with Gasteiger partial charge in [-0.1, -0.05) is 12.8 Å². The second kappa shape index (κ2) is 5.50. The summed E-state index contributed by atoms with van der Waals surface area (Å²) in [5.74, 6) is -1.15. The average molecular weight is 245 g/mol. The fourth-order valence-corrected chi connectivity index (χ4v) is 2.41. The molecule has 2 rings (SSSR count). The third-order valence-electron chi connectivity index (χ3n) is 3.37. The summed E-state index contributed by atoms with van der Waals surface area (Å²) >= 11 is 0. The Bertz CT molecular complexity index is 481. The van der Waals surface area contributed by atoms with Crippen LogP contribution in [-0.4, -0.2) is 22.1 Å². The topological polar surface area (TPSA) is 86.0 Å². The second-order valence-electron chi connectivity index (χ2n) is 4.51. The molecule has 5 heteroatoms. The number of nitrogens with one attached hydrogen (secondary N) is 1. The van der Waals surface area contributed by atoms with Crippen molar-refractivity contribution in [3.05, 3.63) is 24.0 Å². The van der Waals surface area contributed by atoms with Crippen LogP contribution in [-0.2, 0) is 4.79 Å². The summed E-state index contributed by atoms with van der Waals surface area (Å²) in [6.07, 6.45) is 6.61. The predicted molar refractivity (Wildman–Crippen MR) is 66.0 cm³/mol. The van der Waals surface area contributed by atoms with Gasteiger partial charge in [-0.3, -0.25) is 9.78 Å². The molecular formula is C13H15N3O2. The molecule has 2 atom stereocenters. The van der Waals surface area contributed by atoms with E-state index in [1.807, 2.05) is 0 Å². The molecule has 1 aromatic rings. The number of rotatable bonds is 3. The van der Waals surface area contributed by atoms with Crippen molar-refractivity contribution in [2.24, 2.45) is 5.92 Å². The zero-order valence-corrected chi connectivity index (χ0v) is 9.97. The number of anilines is 1. The van der Waals surface area contributed by atoms with Crippen molar-refractivity contribution in [2.45, 2.75) is 31.7 Å². The van der Waals surface area contributed by atoms with E-state index in [2.05, 4.69) is 16.4 Å². The van der Waals surface area contributed by atoms with Crippen LogP contribution in [0.25, 0.3) is 0 Å². The smallest absolute Gasteiger partial charge is 0.308 e. The predicted octanol–water partition coefficient (Wildman–Crippen LogP) is 2.01. The van der Waals surface area contributed by atoms with Gasteiger partial charge in [-0.25, -0.2) is 0 Å². The van der Waals surface area contributed by atoms with Crippen molar-refractivity contribution >= 4 is 11.7 Å². The number of hydrogen-bond acceptors (Lipinski definition) is 4. The van der Waals surface area contributed by atoms with Crippen molar-refractivity contribution in [3.63, 3.8) is 0 Å². The number of pyridine rings is 1. The van der Waals surface area contributed by atoms with Gasteiger partial charge in [0.1, 0.15) is 6.07 Å². The highest BCUT2D eigenvalue weighted by Crippen LogP contribution is 2.28. The third-order valence-corrected chi connectivity index (χ3v) is 3.37. The van der Waals surface area contributed by atoms with Crippen LogP contribution in [0.1, 0.15) is 31.2 Å². The van der Waals surface area contributed by atoms with Gasteiger partial charge in [0.05, 0.1) is 23.4 Å². The highest BCUT2D eigenvalue weighted by molar-refractivity contribution is 5.72. The maximum absolute atomic E-state index is 11.2. The van der Waals surface area contributed by atoms with Gasteiger partial charge in [-0.15, -0.1) is 0 Å². The SMILES string of the molecule is N#Cc1ccncc1NC1CCCCC1C(=O)O. The van der Waals surface area contributed by atoms with E-state index >= 15 is 0 Å². The number of carboxylic acids is 1. The number of nitrogens with zero attached hydrogens (tertiary/aromatic N) is 2. The number of carbonyl (C=O) groups is 1. The maximum atomic E-state index is 11.2. The first-order chi connectivity index (χ1) is 8.72. The van der Waals surface area contributed by atoms with Crippen molar-refractivity contribution in [2.75, 3.05) is 5.32 Å². The van der Waals surface area contributed by atoms with Crippen LogP contribution in [0.5, 0.6) is 0 Å². The maximum Gasteiger partial charge on any atom is 0.308 e. The standard InChI is InChI=1S/C13H15N3O2/c14-7-9-5-6-15-8-12(9)16-11-4-2-1-3-10(11)13(17)18/h5-6,8,10-11,16H,1-4H2,(H,17,18). The molecule has 0 aromatic carbocycles. The van der Waals surface area contributed by atoms with E-state index in [-0.39, 0.29) is 12.0 Å². The van der Waals surface area contributed by atoms with E-state index in [4.69, 9.17) is 5.26 Å². The Kier molecular flexibility index (Phi) is 3.78. The molecule has 2 unspecified atom stereocenters.